The molecule has 0 amide bonds. The third-order valence-corrected chi connectivity index (χ3v) is 0.681. The normalized spacial score (nSPS) is 7.27. The van der Waals surface area contributed by atoms with Crippen LogP contribution in [0.25, 0.3) is 0 Å². The standard InChI is InChI=1S/C5H5NO.C2H4O2.CH5N3/c7-5-3-1-2-4-6-5;1-2(3)4;2-1(3)4/h1-4H,(H,6,7);1H3,(H,3,4);(H5,2,3,4). The Morgan fingerprint density at radius 3 is 2.00 bits per heavy atom. The van der Waals surface area contributed by atoms with Gasteiger partial charge in [0, 0.05) is 19.2 Å². The molecule has 0 atom stereocenters. The molecule has 0 aliphatic rings. The van der Waals surface area contributed by atoms with Gasteiger partial charge in [0.1, 0.15) is 0 Å². The van der Waals surface area contributed by atoms with Crippen LogP contribution in [0, 0.1) is 5.41 Å². The summed E-state index contributed by atoms with van der Waals surface area (Å²) in [6, 6.07) is 4.93. The Morgan fingerprint density at radius 2 is 1.87 bits per heavy atom. The van der Waals surface area contributed by atoms with E-state index in [1.165, 1.54) is 6.07 Å². The van der Waals surface area contributed by atoms with Crippen LogP contribution in [0.4, 0.5) is 0 Å². The summed E-state index contributed by atoms with van der Waals surface area (Å²) in [5.74, 6) is -1.17. The largest absolute Gasteiger partial charge is 0.481 e. The van der Waals surface area contributed by atoms with Crippen LogP contribution in [0.5, 0.6) is 0 Å². The molecule has 1 aromatic rings. The molecule has 0 unspecified atom stereocenters. The predicted octanol–water partition coefficient (Wildman–Crippen LogP) is -0.696. The third-order valence-electron chi connectivity index (χ3n) is 0.681. The molecule has 1 rings (SSSR count). The first-order valence-corrected chi connectivity index (χ1v) is 3.79. The summed E-state index contributed by atoms with van der Waals surface area (Å²) < 4.78 is 0. The number of carboxylic acid groups (broad SMARTS) is 1. The third kappa shape index (κ3) is 33.9. The number of carbonyl (C=O) groups is 1. The van der Waals surface area contributed by atoms with Crippen LogP contribution < -0.4 is 17.0 Å². The summed E-state index contributed by atoms with van der Waals surface area (Å²) in [6.07, 6.45) is 1.60. The molecule has 0 spiro atoms. The Labute approximate surface area is 86.2 Å². The van der Waals surface area contributed by atoms with E-state index in [2.05, 4.69) is 16.5 Å². The van der Waals surface area contributed by atoms with Crippen molar-refractivity contribution in [2.75, 3.05) is 0 Å². The Bertz CT molecular complexity index is 310. The molecule has 0 aromatic carbocycles. The smallest absolute Gasteiger partial charge is 0.300 e. The van der Waals surface area contributed by atoms with Gasteiger partial charge < -0.3 is 21.6 Å². The van der Waals surface area contributed by atoms with E-state index < -0.39 is 5.97 Å². The maximum atomic E-state index is 10.2. The summed E-state index contributed by atoms with van der Waals surface area (Å²) in [4.78, 5) is 21.7. The van der Waals surface area contributed by atoms with Crippen molar-refractivity contribution in [3.05, 3.63) is 34.7 Å². The van der Waals surface area contributed by atoms with Gasteiger partial charge in [-0.3, -0.25) is 15.0 Å². The van der Waals surface area contributed by atoms with E-state index >= 15 is 0 Å². The fourth-order valence-electron chi connectivity index (χ4n) is 0.377. The van der Waals surface area contributed by atoms with Crippen molar-refractivity contribution in [1.29, 1.82) is 5.41 Å². The van der Waals surface area contributed by atoms with Crippen LogP contribution in [0.1, 0.15) is 6.92 Å². The van der Waals surface area contributed by atoms with Crippen molar-refractivity contribution in [3.63, 3.8) is 0 Å². The highest BCUT2D eigenvalue weighted by Gasteiger charge is 1.69. The molecule has 0 saturated heterocycles. The average Bonchev–Trinajstić information content (AvgIpc) is 2.03. The minimum Gasteiger partial charge on any atom is -0.481 e. The summed E-state index contributed by atoms with van der Waals surface area (Å²) in [5, 5.41) is 13.5. The van der Waals surface area contributed by atoms with Crippen LogP contribution in [0.3, 0.4) is 0 Å². The number of carboxylic acids is 1. The molecular weight excluding hydrogens is 200 g/mol. The molecule has 0 bridgehead atoms. The van der Waals surface area contributed by atoms with Crippen molar-refractivity contribution in [1.82, 2.24) is 4.98 Å². The first-order chi connectivity index (χ1) is 6.86. The summed E-state index contributed by atoms with van der Waals surface area (Å²) in [5.41, 5.74) is 8.89. The van der Waals surface area contributed by atoms with Gasteiger partial charge >= 0.3 is 0 Å². The van der Waals surface area contributed by atoms with Gasteiger partial charge in [-0.05, 0) is 6.07 Å². The molecule has 7 N–H and O–H groups in total. The second-order valence-electron chi connectivity index (χ2n) is 2.20. The second-order valence-corrected chi connectivity index (χ2v) is 2.20. The van der Waals surface area contributed by atoms with Crippen molar-refractivity contribution in [2.45, 2.75) is 6.92 Å². The zero-order chi connectivity index (χ0) is 12.3. The number of nitrogens with one attached hydrogen (secondary N) is 2. The lowest BCUT2D eigenvalue weighted by molar-refractivity contribution is -0.134. The Kier molecular flexibility index (Phi) is 9.89. The van der Waals surface area contributed by atoms with Gasteiger partial charge in [-0.25, -0.2) is 0 Å². The van der Waals surface area contributed by atoms with E-state index in [-0.39, 0.29) is 11.5 Å². The molecule has 0 fully saturated rings. The number of aromatic nitrogens is 1. The van der Waals surface area contributed by atoms with Gasteiger partial charge in [0.15, 0.2) is 5.96 Å². The van der Waals surface area contributed by atoms with Crippen LogP contribution >= 0.6 is 0 Å². The molecule has 1 heterocycles. The van der Waals surface area contributed by atoms with Crippen LogP contribution in [0.2, 0.25) is 0 Å². The molecule has 0 radical (unpaired) electrons. The van der Waals surface area contributed by atoms with E-state index in [0.29, 0.717) is 0 Å². The van der Waals surface area contributed by atoms with E-state index in [0.717, 1.165) is 6.92 Å². The van der Waals surface area contributed by atoms with E-state index in [1.807, 2.05) is 0 Å². The number of H-pyrrole nitrogens is 1. The van der Waals surface area contributed by atoms with Crippen molar-refractivity contribution < 1.29 is 9.90 Å². The fraction of sp³-hybridized carbons (Fsp3) is 0.125. The number of aliphatic carboxylic acids is 1. The van der Waals surface area contributed by atoms with Crippen LogP contribution in [-0.2, 0) is 4.79 Å². The maximum Gasteiger partial charge on any atom is 0.300 e. The molecule has 0 aliphatic carbocycles. The Hall–Kier alpha value is -2.31. The Morgan fingerprint density at radius 1 is 1.47 bits per heavy atom. The summed E-state index contributed by atoms with van der Waals surface area (Å²) in [6.45, 7) is 1.08. The lowest BCUT2D eigenvalue weighted by Gasteiger charge is -1.73. The molecule has 15 heavy (non-hydrogen) atoms. The highest BCUT2D eigenvalue weighted by Crippen LogP contribution is 1.67. The van der Waals surface area contributed by atoms with Gasteiger partial charge in [-0.1, -0.05) is 6.07 Å². The molecule has 7 nitrogen and oxygen atoms in total. The minimum absolute atomic E-state index is 0.0532. The monoisotopic (exact) mass is 214 g/mol. The van der Waals surface area contributed by atoms with Crippen molar-refractivity contribution in [2.24, 2.45) is 11.5 Å². The number of nitrogens with two attached hydrogens (primary N) is 2. The van der Waals surface area contributed by atoms with Crippen molar-refractivity contribution >= 4 is 11.9 Å². The van der Waals surface area contributed by atoms with Gasteiger partial charge in [-0.2, -0.15) is 0 Å². The topological polar surface area (TPSA) is 146 Å². The number of rotatable bonds is 0. The Balaban J connectivity index is 0. The molecule has 7 heteroatoms. The molecule has 0 saturated carbocycles. The van der Waals surface area contributed by atoms with Crippen LogP contribution in [0.15, 0.2) is 29.2 Å². The van der Waals surface area contributed by atoms with Gasteiger partial charge in [0.25, 0.3) is 5.97 Å². The predicted molar refractivity (Wildman–Crippen MR) is 56.5 cm³/mol. The number of guanidine groups is 1. The number of pyridine rings is 1. The summed E-state index contributed by atoms with van der Waals surface area (Å²) >= 11 is 0. The fourth-order valence-corrected chi connectivity index (χ4v) is 0.377. The first-order valence-electron chi connectivity index (χ1n) is 3.79. The minimum atomic E-state index is -0.833. The molecule has 0 aliphatic heterocycles. The quantitative estimate of drug-likeness (QED) is 0.286. The van der Waals surface area contributed by atoms with E-state index in [1.54, 1.807) is 18.3 Å². The van der Waals surface area contributed by atoms with Gasteiger partial charge in [0.05, 0.1) is 0 Å². The molecule has 1 aromatic heterocycles. The zero-order valence-corrected chi connectivity index (χ0v) is 8.23. The van der Waals surface area contributed by atoms with Crippen molar-refractivity contribution in [3.8, 4) is 0 Å². The lowest BCUT2D eigenvalue weighted by Crippen LogP contribution is -2.20. The van der Waals surface area contributed by atoms with E-state index in [4.69, 9.17) is 15.3 Å². The molecular formula is C8H14N4O3. The highest BCUT2D eigenvalue weighted by atomic mass is 16.4. The van der Waals surface area contributed by atoms with Gasteiger partial charge in [-0.15, -0.1) is 0 Å². The van der Waals surface area contributed by atoms with Crippen LogP contribution in [-0.4, -0.2) is 22.0 Å². The number of hydrogen-bond acceptors (Lipinski definition) is 3. The SMILES string of the molecule is CC(=O)O.N=C(N)N.O=c1cccc[nH]1. The summed E-state index contributed by atoms with van der Waals surface area (Å²) in [7, 11) is 0. The lowest BCUT2D eigenvalue weighted by atomic mass is 10.5. The van der Waals surface area contributed by atoms with Gasteiger partial charge in [0.2, 0.25) is 5.56 Å². The second kappa shape index (κ2) is 9.78. The zero-order valence-electron chi connectivity index (χ0n) is 8.23. The average molecular weight is 214 g/mol. The number of aromatic amines is 1. The van der Waals surface area contributed by atoms with E-state index in [9.17, 15) is 4.79 Å². The molecule has 84 valence electrons. The number of hydrogen-bond donors (Lipinski definition) is 5. The maximum absolute atomic E-state index is 10.2. The first kappa shape index (κ1) is 15.2. The highest BCUT2D eigenvalue weighted by molar-refractivity contribution is 5.71.